The van der Waals surface area contributed by atoms with Crippen LogP contribution in [-0.2, 0) is 22.6 Å². The minimum Gasteiger partial charge on any atom is -0.497 e. The number of Topliss-reactive ketones (excluding diaryl/α,β-unsaturated/α-hetero) is 1. The number of carbonyl (C=O) groups excluding carboxylic acids is 2. The van der Waals surface area contributed by atoms with Crippen LogP contribution in [0.15, 0.2) is 42.5 Å². The van der Waals surface area contributed by atoms with E-state index in [-0.39, 0.29) is 23.5 Å². The molecule has 0 bridgehead atoms. The van der Waals surface area contributed by atoms with Crippen LogP contribution in [0.25, 0.3) is 11.0 Å². The Hall–Kier alpha value is -3.15. The van der Waals surface area contributed by atoms with Gasteiger partial charge >= 0.3 is 0 Å². The molecule has 0 radical (unpaired) electrons. The molecule has 3 aliphatic carbocycles. The fourth-order valence-electron chi connectivity index (χ4n) is 7.21. The third-order valence-corrected chi connectivity index (χ3v) is 8.87. The van der Waals surface area contributed by atoms with E-state index in [0.717, 1.165) is 48.3 Å². The van der Waals surface area contributed by atoms with Gasteiger partial charge in [-0.3, -0.25) is 9.59 Å². The van der Waals surface area contributed by atoms with Gasteiger partial charge in [0.05, 0.1) is 24.7 Å². The van der Waals surface area contributed by atoms with Crippen molar-refractivity contribution in [3.8, 4) is 5.75 Å². The molecule has 1 heterocycles. The van der Waals surface area contributed by atoms with Gasteiger partial charge in [0.1, 0.15) is 17.4 Å². The number of ether oxygens (including phenoxy) is 1. The number of amides is 1. The monoisotopic (exact) mass is 457 g/mol. The zero-order valence-corrected chi connectivity index (χ0v) is 19.8. The first-order chi connectivity index (χ1) is 16.5. The summed E-state index contributed by atoms with van der Waals surface area (Å²) in [7, 11) is 1.71. The Morgan fingerprint density at radius 1 is 1.24 bits per heavy atom. The average molecular weight is 458 g/mol. The van der Waals surface area contributed by atoms with E-state index in [1.165, 1.54) is 11.1 Å². The van der Waals surface area contributed by atoms with Crippen molar-refractivity contribution < 1.29 is 14.3 Å². The highest BCUT2D eigenvalue weighted by atomic mass is 16.5. The van der Waals surface area contributed by atoms with E-state index >= 15 is 0 Å². The van der Waals surface area contributed by atoms with Crippen molar-refractivity contribution in [2.45, 2.75) is 51.5 Å². The molecule has 2 aromatic carbocycles. The number of benzene rings is 2. The van der Waals surface area contributed by atoms with Crippen molar-refractivity contribution in [3.63, 3.8) is 0 Å². The quantitative estimate of drug-likeness (QED) is 0.603. The summed E-state index contributed by atoms with van der Waals surface area (Å²) in [5.74, 6) is 2.47. The molecule has 0 spiro atoms. The summed E-state index contributed by atoms with van der Waals surface area (Å²) in [6.45, 7) is 2.46. The van der Waals surface area contributed by atoms with Crippen LogP contribution in [0.4, 0.5) is 0 Å². The first-order valence-corrected chi connectivity index (χ1v) is 12.4. The Labute approximate surface area is 199 Å². The molecule has 6 nitrogen and oxygen atoms in total. The number of rotatable bonds is 4. The second kappa shape index (κ2) is 7.97. The Balaban J connectivity index is 1.25. The van der Waals surface area contributed by atoms with Gasteiger partial charge in [0.15, 0.2) is 0 Å². The van der Waals surface area contributed by atoms with Crippen LogP contribution < -0.4 is 10.1 Å². The van der Waals surface area contributed by atoms with Crippen molar-refractivity contribution in [2.75, 3.05) is 7.11 Å². The Bertz CT molecular complexity index is 1250. The van der Waals surface area contributed by atoms with E-state index < -0.39 is 5.41 Å². The predicted molar refractivity (Wildman–Crippen MR) is 129 cm³/mol. The highest BCUT2D eigenvalue weighted by Gasteiger charge is 2.60. The number of nitrogens with one attached hydrogen (secondary N) is 2. The molecule has 176 valence electrons. The number of fused-ring (bicyclic) bond motifs is 6. The number of hydrogen-bond donors (Lipinski definition) is 2. The van der Waals surface area contributed by atoms with E-state index in [1.807, 2.05) is 30.3 Å². The highest BCUT2D eigenvalue weighted by Crippen LogP contribution is 2.61. The SMILES string of the molecule is COc1ccc2c(c1)CCC1C2CC[C@]2(C)C(=O)CC(C(=O)NCc3nc4ccccc4[nH]3)C12. The van der Waals surface area contributed by atoms with Gasteiger partial charge in [0, 0.05) is 17.8 Å². The summed E-state index contributed by atoms with van der Waals surface area (Å²) in [5, 5.41) is 3.10. The smallest absolute Gasteiger partial charge is 0.224 e. The number of aromatic nitrogens is 2. The first-order valence-electron chi connectivity index (χ1n) is 12.4. The second-order valence-electron chi connectivity index (χ2n) is 10.5. The fraction of sp³-hybridized carbons (Fsp3) is 0.464. The van der Waals surface area contributed by atoms with Crippen molar-refractivity contribution in [2.24, 2.45) is 23.2 Å². The zero-order valence-electron chi connectivity index (χ0n) is 19.8. The van der Waals surface area contributed by atoms with E-state index in [1.54, 1.807) is 7.11 Å². The third-order valence-electron chi connectivity index (χ3n) is 8.87. The molecule has 0 aliphatic heterocycles. The Morgan fingerprint density at radius 2 is 2.09 bits per heavy atom. The van der Waals surface area contributed by atoms with Crippen LogP contribution in [-0.4, -0.2) is 28.8 Å². The summed E-state index contributed by atoms with van der Waals surface area (Å²) < 4.78 is 5.44. The van der Waals surface area contributed by atoms with Gasteiger partial charge in [-0.2, -0.15) is 0 Å². The Kier molecular flexibility index (Phi) is 5.01. The lowest BCUT2D eigenvalue weighted by Crippen LogP contribution is -2.46. The maximum Gasteiger partial charge on any atom is 0.224 e. The van der Waals surface area contributed by atoms with Crippen LogP contribution in [0.1, 0.15) is 55.5 Å². The number of imidazole rings is 1. The van der Waals surface area contributed by atoms with Crippen LogP contribution in [0.3, 0.4) is 0 Å². The number of nitrogens with zero attached hydrogens (tertiary/aromatic N) is 1. The number of H-pyrrole nitrogens is 1. The number of ketones is 1. The van der Waals surface area contributed by atoms with E-state index in [4.69, 9.17) is 4.74 Å². The van der Waals surface area contributed by atoms with Gasteiger partial charge in [0.2, 0.25) is 5.91 Å². The maximum atomic E-state index is 13.5. The minimum atomic E-state index is -0.396. The van der Waals surface area contributed by atoms with Crippen molar-refractivity contribution >= 4 is 22.7 Å². The Morgan fingerprint density at radius 3 is 2.91 bits per heavy atom. The van der Waals surface area contributed by atoms with Crippen molar-refractivity contribution in [1.29, 1.82) is 0 Å². The average Bonchev–Trinajstić information content (AvgIpc) is 3.40. The van der Waals surface area contributed by atoms with Gasteiger partial charge in [0.25, 0.3) is 0 Å². The molecule has 2 fully saturated rings. The highest BCUT2D eigenvalue weighted by molar-refractivity contribution is 5.94. The molecule has 34 heavy (non-hydrogen) atoms. The molecular formula is C28H31N3O3. The summed E-state index contributed by atoms with van der Waals surface area (Å²) in [6.07, 6.45) is 4.21. The first kappa shape index (κ1) is 21.4. The minimum absolute atomic E-state index is 0.0105. The molecule has 2 N–H and O–H groups in total. The lowest BCUT2D eigenvalue weighted by molar-refractivity contribution is -0.130. The number of hydrogen-bond acceptors (Lipinski definition) is 4. The number of carbonyl (C=O) groups is 2. The van der Waals surface area contributed by atoms with Crippen LogP contribution in [0.5, 0.6) is 5.75 Å². The number of aromatic amines is 1. The largest absolute Gasteiger partial charge is 0.497 e. The molecule has 3 aliphatic rings. The summed E-state index contributed by atoms with van der Waals surface area (Å²) in [5.41, 5.74) is 4.21. The lowest BCUT2D eigenvalue weighted by Gasteiger charge is -2.49. The van der Waals surface area contributed by atoms with Crippen molar-refractivity contribution in [1.82, 2.24) is 15.3 Å². The molecule has 2 saturated carbocycles. The fourth-order valence-corrected chi connectivity index (χ4v) is 7.21. The maximum absolute atomic E-state index is 13.5. The van der Waals surface area contributed by atoms with Gasteiger partial charge in [-0.05, 0) is 78.8 Å². The van der Waals surface area contributed by atoms with Gasteiger partial charge in [-0.25, -0.2) is 4.98 Å². The zero-order chi connectivity index (χ0) is 23.4. The standard InChI is InChI=1S/C28H31N3O3/c1-28-12-11-19-18-10-8-17(34-2)13-16(18)7-9-20(19)26(28)21(14-24(28)32)27(33)29-15-25-30-22-5-3-4-6-23(22)31-25/h3-6,8,10,13,19-21,26H,7,9,11-12,14-15H2,1-2H3,(H,29,33)(H,30,31)/t19?,20?,21?,26?,28-/m1/s1. The van der Waals surface area contributed by atoms with Crippen LogP contribution in [0, 0.1) is 23.2 Å². The second-order valence-corrected chi connectivity index (χ2v) is 10.5. The van der Waals surface area contributed by atoms with Gasteiger partial charge < -0.3 is 15.0 Å². The molecule has 5 atom stereocenters. The molecule has 1 aromatic heterocycles. The number of aryl methyl sites for hydroxylation is 1. The van der Waals surface area contributed by atoms with Crippen LogP contribution >= 0.6 is 0 Å². The molecular weight excluding hydrogens is 426 g/mol. The van der Waals surface area contributed by atoms with Crippen molar-refractivity contribution in [3.05, 3.63) is 59.4 Å². The van der Waals surface area contributed by atoms with Gasteiger partial charge in [-0.1, -0.05) is 25.1 Å². The molecule has 1 amide bonds. The van der Waals surface area contributed by atoms with Crippen LogP contribution in [0.2, 0.25) is 0 Å². The number of methoxy groups -OCH3 is 1. The molecule has 6 rings (SSSR count). The predicted octanol–water partition coefficient (Wildman–Crippen LogP) is 4.54. The normalized spacial score (nSPS) is 29.9. The molecule has 6 heteroatoms. The molecule has 0 saturated heterocycles. The molecule has 3 aromatic rings. The number of para-hydroxylation sites is 2. The summed E-state index contributed by atoms with van der Waals surface area (Å²) in [6, 6.07) is 14.3. The lowest BCUT2D eigenvalue weighted by atomic mass is 9.54. The topological polar surface area (TPSA) is 84.1 Å². The summed E-state index contributed by atoms with van der Waals surface area (Å²) in [4.78, 5) is 34.5. The van der Waals surface area contributed by atoms with E-state index in [0.29, 0.717) is 24.8 Å². The summed E-state index contributed by atoms with van der Waals surface area (Å²) >= 11 is 0. The van der Waals surface area contributed by atoms with Gasteiger partial charge in [-0.15, -0.1) is 0 Å². The van der Waals surface area contributed by atoms with E-state index in [9.17, 15) is 9.59 Å². The van der Waals surface area contributed by atoms with E-state index in [2.05, 4.69) is 34.3 Å². The third kappa shape index (κ3) is 3.26. The molecule has 4 unspecified atom stereocenters.